The molecular weight excluding hydrogens is 513 g/mol. The van der Waals surface area contributed by atoms with Crippen molar-refractivity contribution >= 4 is 11.4 Å². The van der Waals surface area contributed by atoms with Gasteiger partial charge in [0.2, 0.25) is 0 Å². The monoisotopic (exact) mass is 563 g/mol. The number of hydrazine groups is 1. The molecule has 1 heterocycles. The second kappa shape index (κ2) is 17.1. The highest BCUT2D eigenvalue weighted by molar-refractivity contribution is 5.74. The summed E-state index contributed by atoms with van der Waals surface area (Å²) in [6, 6.07) is 11.9. The first-order valence-electron chi connectivity index (χ1n) is 14.5. The zero-order chi connectivity index (χ0) is 30.4. The molecule has 1 saturated carbocycles. The minimum absolute atomic E-state index is 0.109. The van der Waals surface area contributed by atoms with Gasteiger partial charge in [0.25, 0.3) is 0 Å². The number of nitrogens with two attached hydrogens (primary N) is 2. The lowest BCUT2D eigenvalue weighted by Gasteiger charge is -2.30. The van der Waals surface area contributed by atoms with E-state index >= 15 is 4.39 Å². The third-order valence-electron chi connectivity index (χ3n) is 7.29. The van der Waals surface area contributed by atoms with Gasteiger partial charge in [0.05, 0.1) is 17.4 Å². The van der Waals surface area contributed by atoms with E-state index in [4.69, 9.17) is 11.6 Å². The molecule has 0 amide bonds. The number of rotatable bonds is 12. The van der Waals surface area contributed by atoms with Crippen molar-refractivity contribution < 1.29 is 4.39 Å². The first-order chi connectivity index (χ1) is 19.9. The highest BCUT2D eigenvalue weighted by Crippen LogP contribution is 2.42. The standard InChI is InChI=1S/C26H33FN4.C5H11N3.C2H6/c1-5-29-23-9-6-8-21(26(23)28-3)25(30-17(2)24-10-7-15-31(24)4)19-13-14-20(18-11-12-18)22(27)16-19;1-2-3-5(4-6)8-7;1-2/h5-6,8-9,13-14,16,18,24-25,28-30H,1-2,7,10-12,15H2,3-4H3;2,4,8H,1,3,6-7H2;1-2H3/b;5-4-;. The van der Waals surface area contributed by atoms with E-state index in [0.717, 1.165) is 71.7 Å². The molecule has 0 aromatic heterocycles. The lowest BCUT2D eigenvalue weighted by molar-refractivity contribution is 0.331. The predicted molar refractivity (Wildman–Crippen MR) is 174 cm³/mol. The van der Waals surface area contributed by atoms with Crippen LogP contribution in [0.4, 0.5) is 15.8 Å². The van der Waals surface area contributed by atoms with Crippen molar-refractivity contribution in [1.82, 2.24) is 15.6 Å². The number of hydrogen-bond donors (Lipinski definition) is 6. The van der Waals surface area contributed by atoms with Crippen molar-refractivity contribution in [3.8, 4) is 0 Å². The number of allylic oxidation sites excluding steroid dienone is 1. The Hall–Kier alpha value is -3.75. The minimum atomic E-state index is -0.224. The first-order valence-corrected chi connectivity index (χ1v) is 14.5. The summed E-state index contributed by atoms with van der Waals surface area (Å²) in [5.41, 5.74) is 14.0. The van der Waals surface area contributed by atoms with Gasteiger partial charge in [-0.2, -0.15) is 0 Å². The average molecular weight is 564 g/mol. The fourth-order valence-electron chi connectivity index (χ4n) is 5.07. The van der Waals surface area contributed by atoms with Crippen LogP contribution in [-0.2, 0) is 0 Å². The summed E-state index contributed by atoms with van der Waals surface area (Å²) in [6.45, 7) is 16.7. The molecule has 1 saturated heterocycles. The molecule has 0 spiro atoms. The molecule has 8 N–H and O–H groups in total. The molecule has 4 rings (SSSR count). The maximum Gasteiger partial charge on any atom is 0.127 e. The summed E-state index contributed by atoms with van der Waals surface area (Å²) in [5, 5.41) is 10.2. The predicted octanol–water partition coefficient (Wildman–Crippen LogP) is 6.44. The number of halogens is 1. The third-order valence-corrected chi connectivity index (χ3v) is 7.29. The van der Waals surface area contributed by atoms with Gasteiger partial charge in [0.1, 0.15) is 5.82 Å². The van der Waals surface area contributed by atoms with Gasteiger partial charge in [0.15, 0.2) is 0 Å². The van der Waals surface area contributed by atoms with Gasteiger partial charge in [-0.05, 0) is 74.7 Å². The number of likely N-dealkylation sites (tertiary alicyclic amines) is 1. The van der Waals surface area contributed by atoms with Crippen molar-refractivity contribution in [2.24, 2.45) is 11.6 Å². The van der Waals surface area contributed by atoms with Crippen LogP contribution in [0, 0.1) is 5.82 Å². The summed E-state index contributed by atoms with van der Waals surface area (Å²) in [5.74, 6) is 5.30. The molecule has 2 atom stereocenters. The molecule has 0 bridgehead atoms. The SMILES string of the molecule is C=CC/C(=C/N)NN.C=CNc1cccc(C(NC(=C)C2CCCN2C)c2ccc(C3CC3)c(F)c2)c1NC.CC. The van der Waals surface area contributed by atoms with Gasteiger partial charge in [-0.15, -0.1) is 6.58 Å². The van der Waals surface area contributed by atoms with Crippen LogP contribution in [0.3, 0.4) is 0 Å². The molecule has 1 aliphatic carbocycles. The maximum atomic E-state index is 15.0. The van der Waals surface area contributed by atoms with Gasteiger partial charge in [0, 0.05) is 42.7 Å². The van der Waals surface area contributed by atoms with E-state index in [9.17, 15) is 0 Å². The normalized spacial score (nSPS) is 17.1. The van der Waals surface area contributed by atoms with Gasteiger partial charge < -0.3 is 27.1 Å². The molecule has 2 unspecified atom stereocenters. The molecule has 8 heteroatoms. The maximum absolute atomic E-state index is 15.0. The summed E-state index contributed by atoms with van der Waals surface area (Å²) < 4.78 is 15.0. The number of likely N-dealkylation sites (N-methyl/N-ethyl adjacent to an activating group) is 1. The van der Waals surface area contributed by atoms with Crippen LogP contribution in [0.2, 0.25) is 0 Å². The number of para-hydroxylation sites is 1. The van der Waals surface area contributed by atoms with Gasteiger partial charge in [-0.3, -0.25) is 10.7 Å². The Balaban J connectivity index is 0.000000509. The van der Waals surface area contributed by atoms with Crippen molar-refractivity contribution in [2.75, 3.05) is 31.3 Å². The quantitative estimate of drug-likeness (QED) is 0.100. The van der Waals surface area contributed by atoms with Crippen molar-refractivity contribution in [3.63, 3.8) is 0 Å². The molecule has 2 aliphatic rings. The summed E-state index contributed by atoms with van der Waals surface area (Å²) in [7, 11) is 4.04. The molecule has 2 aromatic rings. The molecule has 2 aromatic carbocycles. The number of nitrogens with zero attached hydrogens (tertiary/aromatic N) is 1. The topological polar surface area (TPSA) is 103 Å². The number of anilines is 2. The van der Waals surface area contributed by atoms with E-state index in [-0.39, 0.29) is 17.9 Å². The number of nitrogens with one attached hydrogen (secondary N) is 4. The molecule has 0 radical (unpaired) electrons. The number of hydrogen-bond acceptors (Lipinski definition) is 7. The largest absolute Gasteiger partial charge is 0.403 e. The molecule has 2 fully saturated rings. The molecule has 7 nitrogen and oxygen atoms in total. The Bertz CT molecular complexity index is 1170. The highest BCUT2D eigenvalue weighted by Gasteiger charge is 2.29. The van der Waals surface area contributed by atoms with E-state index in [1.54, 1.807) is 18.3 Å². The second-order valence-electron chi connectivity index (χ2n) is 9.99. The van der Waals surface area contributed by atoms with E-state index in [0.29, 0.717) is 12.3 Å². The first kappa shape index (κ1) is 33.5. The Kier molecular flexibility index (Phi) is 14.0. The zero-order valence-corrected chi connectivity index (χ0v) is 25.3. The Morgan fingerprint density at radius 2 is 1.90 bits per heavy atom. The van der Waals surface area contributed by atoms with Crippen molar-refractivity contribution in [1.29, 1.82) is 0 Å². The fraction of sp³-hybridized carbons (Fsp3) is 0.394. The smallest absolute Gasteiger partial charge is 0.127 e. The van der Waals surface area contributed by atoms with E-state index < -0.39 is 0 Å². The minimum Gasteiger partial charge on any atom is -0.403 e. The molecule has 41 heavy (non-hydrogen) atoms. The van der Waals surface area contributed by atoms with Gasteiger partial charge in [-0.1, -0.05) is 57.3 Å². The summed E-state index contributed by atoms with van der Waals surface area (Å²) in [6.07, 6.45) is 9.91. The van der Waals surface area contributed by atoms with Crippen molar-refractivity contribution in [2.45, 2.75) is 64.0 Å². The second-order valence-corrected chi connectivity index (χ2v) is 9.99. The summed E-state index contributed by atoms with van der Waals surface area (Å²) >= 11 is 0. The Morgan fingerprint density at radius 1 is 1.17 bits per heavy atom. The molecule has 224 valence electrons. The van der Waals surface area contributed by atoms with Crippen LogP contribution in [0.15, 0.2) is 86.0 Å². The van der Waals surface area contributed by atoms with E-state index in [1.165, 1.54) is 6.20 Å². The van der Waals surface area contributed by atoms with Crippen LogP contribution >= 0.6 is 0 Å². The molecular formula is C33H50FN7. The van der Waals surface area contributed by atoms with Crippen LogP contribution < -0.4 is 33.0 Å². The number of benzene rings is 2. The Labute approximate surface area is 246 Å². The average Bonchev–Trinajstić information content (AvgIpc) is 3.74. The summed E-state index contributed by atoms with van der Waals surface area (Å²) in [4.78, 5) is 2.33. The van der Waals surface area contributed by atoms with Crippen LogP contribution in [0.25, 0.3) is 0 Å². The highest BCUT2D eigenvalue weighted by atomic mass is 19.1. The van der Waals surface area contributed by atoms with Crippen LogP contribution in [-0.4, -0.2) is 31.6 Å². The Morgan fingerprint density at radius 3 is 2.39 bits per heavy atom. The van der Waals surface area contributed by atoms with Crippen molar-refractivity contribution in [3.05, 3.63) is 109 Å². The van der Waals surface area contributed by atoms with E-state index in [2.05, 4.69) is 65.2 Å². The molecule has 1 aliphatic heterocycles. The zero-order valence-electron chi connectivity index (χ0n) is 25.3. The van der Waals surface area contributed by atoms with Crippen LogP contribution in [0.5, 0.6) is 0 Å². The lowest BCUT2D eigenvalue weighted by Crippen LogP contribution is -2.35. The van der Waals surface area contributed by atoms with Gasteiger partial charge in [-0.25, -0.2) is 4.39 Å². The lowest BCUT2D eigenvalue weighted by atomic mass is 9.93. The fourth-order valence-corrected chi connectivity index (χ4v) is 5.07. The van der Waals surface area contributed by atoms with Crippen LogP contribution in [0.1, 0.15) is 74.6 Å². The van der Waals surface area contributed by atoms with Gasteiger partial charge >= 0.3 is 0 Å². The third kappa shape index (κ3) is 9.13. The van der Waals surface area contributed by atoms with E-state index in [1.807, 2.05) is 39.1 Å².